The van der Waals surface area contributed by atoms with Crippen molar-refractivity contribution in [2.75, 3.05) is 0 Å². The highest BCUT2D eigenvalue weighted by atomic mass is 16.4. The molecule has 0 atom stereocenters. The Morgan fingerprint density at radius 2 is 1.65 bits per heavy atom. The zero-order valence-electron chi connectivity index (χ0n) is 12.1. The van der Waals surface area contributed by atoms with Crippen LogP contribution in [-0.2, 0) is 0 Å². The van der Waals surface area contributed by atoms with Gasteiger partial charge >= 0.3 is 5.97 Å². The lowest BCUT2D eigenvalue weighted by atomic mass is 9.97. The predicted molar refractivity (Wildman–Crippen MR) is 89.4 cm³/mol. The number of hydrogen-bond donors (Lipinski definition) is 1. The van der Waals surface area contributed by atoms with Gasteiger partial charge in [-0.15, -0.1) is 0 Å². The molecule has 2 aromatic heterocycles. The third-order valence-electron chi connectivity index (χ3n) is 3.91. The van der Waals surface area contributed by atoms with Crippen LogP contribution in [0.1, 0.15) is 10.5 Å². The lowest BCUT2D eigenvalue weighted by Crippen LogP contribution is -2.00. The highest BCUT2D eigenvalue weighted by molar-refractivity contribution is 6.04. The first kappa shape index (κ1) is 13.4. The standard InChI is InChI=1S/C19H12N2O2/c22-19(23)17-8-7-12-3-1-6-16(18(12)21-17)15-5-2-4-13-11-20-10-9-14(13)15/h1-11H,(H,22,23). The highest BCUT2D eigenvalue weighted by Crippen LogP contribution is 2.32. The minimum Gasteiger partial charge on any atom is -0.477 e. The van der Waals surface area contributed by atoms with Crippen molar-refractivity contribution in [3.05, 3.63) is 72.7 Å². The van der Waals surface area contributed by atoms with E-state index in [0.29, 0.717) is 5.52 Å². The number of benzene rings is 2. The van der Waals surface area contributed by atoms with E-state index < -0.39 is 5.97 Å². The van der Waals surface area contributed by atoms with E-state index in [1.807, 2.05) is 48.7 Å². The normalized spacial score (nSPS) is 11.0. The van der Waals surface area contributed by atoms with Crippen LogP contribution >= 0.6 is 0 Å². The van der Waals surface area contributed by atoms with Crippen molar-refractivity contribution in [3.63, 3.8) is 0 Å². The largest absolute Gasteiger partial charge is 0.477 e. The van der Waals surface area contributed by atoms with Crippen molar-refractivity contribution < 1.29 is 9.90 Å². The molecule has 110 valence electrons. The number of carbonyl (C=O) groups is 1. The first-order valence-electron chi connectivity index (χ1n) is 7.20. The van der Waals surface area contributed by atoms with E-state index in [2.05, 4.69) is 9.97 Å². The van der Waals surface area contributed by atoms with Gasteiger partial charge in [-0.3, -0.25) is 4.98 Å². The number of fused-ring (bicyclic) bond motifs is 2. The number of pyridine rings is 2. The van der Waals surface area contributed by atoms with Gasteiger partial charge in [0.05, 0.1) is 5.52 Å². The van der Waals surface area contributed by atoms with Crippen LogP contribution in [0.2, 0.25) is 0 Å². The molecule has 4 heteroatoms. The van der Waals surface area contributed by atoms with Gasteiger partial charge in [-0.25, -0.2) is 9.78 Å². The molecular weight excluding hydrogens is 288 g/mol. The minimum atomic E-state index is -1.02. The molecule has 0 spiro atoms. The summed E-state index contributed by atoms with van der Waals surface area (Å²) in [6, 6.07) is 17.1. The van der Waals surface area contributed by atoms with Crippen LogP contribution in [0.3, 0.4) is 0 Å². The van der Waals surface area contributed by atoms with Gasteiger partial charge in [0.2, 0.25) is 0 Å². The summed E-state index contributed by atoms with van der Waals surface area (Å²) in [6.07, 6.45) is 3.58. The molecule has 0 amide bonds. The van der Waals surface area contributed by atoms with Crippen molar-refractivity contribution >= 4 is 27.6 Å². The third kappa shape index (κ3) is 2.21. The second-order valence-electron chi connectivity index (χ2n) is 5.28. The fraction of sp³-hybridized carbons (Fsp3) is 0. The molecule has 23 heavy (non-hydrogen) atoms. The van der Waals surface area contributed by atoms with Crippen LogP contribution in [0, 0.1) is 0 Å². The first-order valence-corrected chi connectivity index (χ1v) is 7.20. The van der Waals surface area contributed by atoms with E-state index in [1.165, 1.54) is 6.07 Å². The zero-order chi connectivity index (χ0) is 15.8. The molecule has 4 rings (SSSR count). The number of aromatic nitrogens is 2. The van der Waals surface area contributed by atoms with E-state index in [-0.39, 0.29) is 5.69 Å². The molecule has 1 N–H and O–H groups in total. The van der Waals surface area contributed by atoms with Gasteiger partial charge in [0, 0.05) is 28.7 Å². The van der Waals surface area contributed by atoms with Crippen LogP contribution in [0.25, 0.3) is 32.8 Å². The van der Waals surface area contributed by atoms with Crippen molar-refractivity contribution in [1.29, 1.82) is 0 Å². The average Bonchev–Trinajstić information content (AvgIpc) is 2.60. The number of para-hydroxylation sites is 1. The Hall–Kier alpha value is -3.27. The zero-order valence-corrected chi connectivity index (χ0v) is 12.1. The molecular formula is C19H12N2O2. The number of carboxylic acid groups (broad SMARTS) is 1. The summed E-state index contributed by atoms with van der Waals surface area (Å²) in [7, 11) is 0. The SMILES string of the molecule is O=C(O)c1ccc2cccc(-c3cccc4cnccc34)c2n1. The van der Waals surface area contributed by atoms with E-state index in [0.717, 1.165) is 27.3 Å². The van der Waals surface area contributed by atoms with E-state index in [4.69, 9.17) is 0 Å². The monoisotopic (exact) mass is 300 g/mol. The molecule has 0 aliphatic rings. The molecule has 0 fully saturated rings. The molecule has 0 saturated heterocycles. The summed E-state index contributed by atoms with van der Waals surface area (Å²) in [6.45, 7) is 0. The van der Waals surface area contributed by atoms with Crippen LogP contribution in [0.4, 0.5) is 0 Å². The molecule has 4 aromatic rings. The number of hydrogen-bond acceptors (Lipinski definition) is 3. The predicted octanol–water partition coefficient (Wildman–Crippen LogP) is 4.15. The fourth-order valence-corrected chi connectivity index (χ4v) is 2.84. The summed E-state index contributed by atoms with van der Waals surface area (Å²) >= 11 is 0. The molecule has 0 bridgehead atoms. The van der Waals surface area contributed by atoms with Gasteiger partial charge in [0.25, 0.3) is 0 Å². The average molecular weight is 300 g/mol. The quantitative estimate of drug-likeness (QED) is 0.604. The summed E-state index contributed by atoms with van der Waals surface area (Å²) in [4.78, 5) is 19.7. The second kappa shape index (κ2) is 5.18. The second-order valence-corrected chi connectivity index (χ2v) is 5.28. The summed E-state index contributed by atoms with van der Waals surface area (Å²) < 4.78 is 0. The molecule has 0 aliphatic carbocycles. The number of nitrogens with zero attached hydrogens (tertiary/aromatic N) is 2. The summed E-state index contributed by atoms with van der Waals surface area (Å²) in [5.74, 6) is -1.02. The van der Waals surface area contributed by atoms with Gasteiger partial charge in [-0.1, -0.05) is 42.5 Å². The highest BCUT2D eigenvalue weighted by Gasteiger charge is 2.11. The lowest BCUT2D eigenvalue weighted by molar-refractivity contribution is 0.0691. The van der Waals surface area contributed by atoms with Crippen molar-refractivity contribution in [3.8, 4) is 11.1 Å². The van der Waals surface area contributed by atoms with Gasteiger partial charge in [0.15, 0.2) is 0 Å². The molecule has 0 saturated carbocycles. The number of aromatic carboxylic acids is 1. The van der Waals surface area contributed by atoms with Crippen molar-refractivity contribution in [2.45, 2.75) is 0 Å². The summed E-state index contributed by atoms with van der Waals surface area (Å²) in [5, 5.41) is 12.2. The van der Waals surface area contributed by atoms with Gasteiger partial charge in [-0.05, 0) is 23.1 Å². The van der Waals surface area contributed by atoms with E-state index in [9.17, 15) is 9.90 Å². The molecule has 0 aliphatic heterocycles. The Balaban J connectivity index is 2.08. The maximum Gasteiger partial charge on any atom is 0.354 e. The maximum atomic E-state index is 11.2. The van der Waals surface area contributed by atoms with E-state index >= 15 is 0 Å². The van der Waals surface area contributed by atoms with Crippen molar-refractivity contribution in [2.24, 2.45) is 0 Å². The first-order chi connectivity index (χ1) is 11.2. The third-order valence-corrected chi connectivity index (χ3v) is 3.91. The molecule has 2 aromatic carbocycles. The molecule has 2 heterocycles. The van der Waals surface area contributed by atoms with Gasteiger partial charge in [-0.2, -0.15) is 0 Å². The lowest BCUT2D eigenvalue weighted by Gasteiger charge is -2.10. The smallest absolute Gasteiger partial charge is 0.354 e. The maximum absolute atomic E-state index is 11.2. The van der Waals surface area contributed by atoms with E-state index in [1.54, 1.807) is 12.3 Å². The Morgan fingerprint density at radius 3 is 2.48 bits per heavy atom. The number of rotatable bonds is 2. The van der Waals surface area contributed by atoms with Crippen LogP contribution < -0.4 is 0 Å². The topological polar surface area (TPSA) is 63.1 Å². The Morgan fingerprint density at radius 1 is 0.870 bits per heavy atom. The fourth-order valence-electron chi connectivity index (χ4n) is 2.84. The molecule has 0 unspecified atom stereocenters. The van der Waals surface area contributed by atoms with Gasteiger partial charge in [0.1, 0.15) is 5.69 Å². The van der Waals surface area contributed by atoms with Crippen LogP contribution in [0.15, 0.2) is 67.0 Å². The van der Waals surface area contributed by atoms with Crippen LogP contribution in [-0.4, -0.2) is 21.0 Å². The summed E-state index contributed by atoms with van der Waals surface area (Å²) in [5.41, 5.74) is 2.68. The van der Waals surface area contributed by atoms with Crippen LogP contribution in [0.5, 0.6) is 0 Å². The Kier molecular flexibility index (Phi) is 3.01. The molecule has 0 radical (unpaired) electrons. The Bertz CT molecular complexity index is 1050. The number of carboxylic acids is 1. The van der Waals surface area contributed by atoms with Gasteiger partial charge < -0.3 is 5.11 Å². The molecule has 4 nitrogen and oxygen atoms in total. The Labute approximate surface area is 132 Å². The van der Waals surface area contributed by atoms with Crippen molar-refractivity contribution in [1.82, 2.24) is 9.97 Å². The minimum absolute atomic E-state index is 0.0480.